The highest BCUT2D eigenvalue weighted by atomic mass is 32.2. The maximum atomic E-state index is 12.4. The van der Waals surface area contributed by atoms with E-state index in [1.54, 1.807) is 0 Å². The third-order valence-corrected chi connectivity index (χ3v) is 8.16. The van der Waals surface area contributed by atoms with E-state index in [0.29, 0.717) is 5.92 Å². The summed E-state index contributed by atoms with van der Waals surface area (Å²) in [5.74, 6) is 3.69. The summed E-state index contributed by atoms with van der Waals surface area (Å²) in [5.41, 5.74) is 4.42. The zero-order valence-corrected chi connectivity index (χ0v) is 23.2. The Morgan fingerprint density at radius 2 is 1.89 bits per heavy atom. The smallest absolute Gasteiger partial charge is 0.252 e. The van der Waals surface area contributed by atoms with Crippen molar-refractivity contribution in [2.24, 2.45) is 17.3 Å². The van der Waals surface area contributed by atoms with E-state index in [1.165, 1.54) is 24.0 Å². The third-order valence-electron chi connectivity index (χ3n) is 7.18. The summed E-state index contributed by atoms with van der Waals surface area (Å²) in [6, 6.07) is 0. The molecule has 0 radical (unpaired) electrons. The minimum Gasteiger partial charge on any atom is -0.356 e. The van der Waals surface area contributed by atoms with E-state index in [4.69, 9.17) is 0 Å². The average Bonchev–Trinajstić information content (AvgIpc) is 3.68. The Bertz CT molecular complexity index is 886. The second kappa shape index (κ2) is 13.0. The lowest BCUT2D eigenvalue weighted by Gasteiger charge is -2.20. The molecule has 2 aliphatic heterocycles. The van der Waals surface area contributed by atoms with Gasteiger partial charge in [-0.15, -0.1) is 0 Å². The Morgan fingerprint density at radius 1 is 1.17 bits per heavy atom. The van der Waals surface area contributed by atoms with E-state index >= 15 is 0 Å². The third kappa shape index (κ3) is 8.38. The van der Waals surface area contributed by atoms with Crippen LogP contribution in [-0.4, -0.2) is 54.4 Å². The molecule has 2 amide bonds. The summed E-state index contributed by atoms with van der Waals surface area (Å²) in [6.45, 7) is 14.2. The number of nitrogens with one attached hydrogen (secondary N) is 2. The van der Waals surface area contributed by atoms with Crippen LogP contribution in [0.25, 0.3) is 0 Å². The SMILES string of the molecule is CCN(CC)CCCNC(=O)C(C)(C)C.O=C1NC2=C(C=CC(C3CC3)C=C2)CC2=C1CSCC2. The zero-order chi connectivity index (χ0) is 25.4. The highest BCUT2D eigenvalue weighted by Crippen LogP contribution is 2.40. The Hall–Kier alpha value is -1.79. The van der Waals surface area contributed by atoms with Gasteiger partial charge in [0.2, 0.25) is 5.91 Å². The Morgan fingerprint density at radius 3 is 2.54 bits per heavy atom. The monoisotopic (exact) mass is 499 g/mol. The molecular weight excluding hydrogens is 454 g/mol. The van der Waals surface area contributed by atoms with Gasteiger partial charge in [-0.3, -0.25) is 9.59 Å². The number of carbonyl (C=O) groups is 2. The molecule has 35 heavy (non-hydrogen) atoms. The fourth-order valence-electron chi connectivity index (χ4n) is 4.55. The second-order valence-electron chi connectivity index (χ2n) is 11.0. The van der Waals surface area contributed by atoms with Crippen LogP contribution in [0, 0.1) is 17.3 Å². The van der Waals surface area contributed by atoms with Crippen LogP contribution in [0.3, 0.4) is 0 Å². The van der Waals surface area contributed by atoms with Crippen molar-refractivity contribution in [2.45, 2.75) is 66.7 Å². The van der Waals surface area contributed by atoms with Gasteiger partial charge in [-0.25, -0.2) is 0 Å². The van der Waals surface area contributed by atoms with Crippen LogP contribution in [0.5, 0.6) is 0 Å². The Labute approximate surface area is 216 Å². The molecule has 0 aromatic rings. The summed E-state index contributed by atoms with van der Waals surface area (Å²) >= 11 is 1.87. The molecule has 2 N–H and O–H groups in total. The van der Waals surface area contributed by atoms with E-state index in [2.05, 4.69) is 53.7 Å². The number of amides is 2. The minimum absolute atomic E-state index is 0.125. The van der Waals surface area contributed by atoms with Gasteiger partial charge >= 0.3 is 0 Å². The summed E-state index contributed by atoms with van der Waals surface area (Å²) in [5, 5.41) is 6.09. The quantitative estimate of drug-likeness (QED) is 0.471. The minimum atomic E-state index is -0.269. The van der Waals surface area contributed by atoms with Crippen LogP contribution < -0.4 is 10.6 Å². The van der Waals surface area contributed by atoms with Crippen molar-refractivity contribution >= 4 is 23.6 Å². The van der Waals surface area contributed by atoms with Gasteiger partial charge in [-0.2, -0.15) is 11.8 Å². The number of nitrogens with zero attached hydrogens (tertiary/aromatic N) is 1. The highest BCUT2D eigenvalue weighted by molar-refractivity contribution is 7.99. The van der Waals surface area contributed by atoms with Gasteiger partial charge in [0, 0.05) is 29.0 Å². The average molecular weight is 500 g/mol. The molecule has 1 fully saturated rings. The molecule has 2 heterocycles. The summed E-state index contributed by atoms with van der Waals surface area (Å²) in [4.78, 5) is 26.3. The molecular formula is C29H45N3O2S. The summed E-state index contributed by atoms with van der Waals surface area (Å²) < 4.78 is 0. The predicted octanol–water partition coefficient (Wildman–Crippen LogP) is 5.23. The predicted molar refractivity (Wildman–Crippen MR) is 148 cm³/mol. The maximum absolute atomic E-state index is 12.4. The van der Waals surface area contributed by atoms with E-state index in [1.807, 2.05) is 32.5 Å². The fraction of sp³-hybridized carbons (Fsp3) is 0.655. The van der Waals surface area contributed by atoms with Crippen molar-refractivity contribution in [3.05, 3.63) is 46.7 Å². The standard InChI is InChI=1S/C17H19NOS.C12H26N2O/c19-17-15-10-20-8-7-13(15)9-14-4-3-12(11-1-2-11)5-6-16(14)18-17;1-6-14(7-2)10-8-9-13-11(15)12(3,4)5/h3-6,11-12H,1-2,7-10H2,(H,18,19);6-10H2,1-5H3,(H,13,15). The highest BCUT2D eigenvalue weighted by Gasteiger charge is 2.30. The Kier molecular flexibility index (Phi) is 10.3. The number of allylic oxidation sites excluding steroid dienone is 6. The van der Waals surface area contributed by atoms with Crippen molar-refractivity contribution in [1.29, 1.82) is 0 Å². The first-order valence-corrected chi connectivity index (χ1v) is 14.6. The molecule has 1 atom stereocenters. The lowest BCUT2D eigenvalue weighted by Crippen LogP contribution is -2.36. The number of carbonyl (C=O) groups excluding carboxylic acids is 2. The fourth-order valence-corrected chi connectivity index (χ4v) is 5.62. The first-order chi connectivity index (χ1) is 16.7. The lowest BCUT2D eigenvalue weighted by atomic mass is 9.96. The van der Waals surface area contributed by atoms with Gasteiger partial charge in [0.05, 0.1) is 0 Å². The van der Waals surface area contributed by atoms with Gasteiger partial charge < -0.3 is 15.5 Å². The zero-order valence-electron chi connectivity index (χ0n) is 22.4. The van der Waals surface area contributed by atoms with Crippen molar-refractivity contribution in [1.82, 2.24) is 15.5 Å². The number of rotatable bonds is 7. The largest absolute Gasteiger partial charge is 0.356 e. The number of hydrogen-bond acceptors (Lipinski definition) is 4. The maximum Gasteiger partial charge on any atom is 0.252 e. The molecule has 0 aromatic heterocycles. The van der Waals surface area contributed by atoms with Crippen molar-refractivity contribution < 1.29 is 9.59 Å². The van der Waals surface area contributed by atoms with E-state index < -0.39 is 0 Å². The topological polar surface area (TPSA) is 61.4 Å². The van der Waals surface area contributed by atoms with Crippen molar-refractivity contribution in [3.8, 4) is 0 Å². The molecule has 0 saturated heterocycles. The lowest BCUT2D eigenvalue weighted by molar-refractivity contribution is -0.128. The van der Waals surface area contributed by atoms with Crippen LogP contribution in [0.2, 0.25) is 0 Å². The summed E-state index contributed by atoms with van der Waals surface area (Å²) in [6.07, 6.45) is 14.8. The molecule has 0 bridgehead atoms. The van der Waals surface area contributed by atoms with Crippen LogP contribution in [0.1, 0.15) is 66.7 Å². The van der Waals surface area contributed by atoms with E-state index in [0.717, 1.165) is 74.1 Å². The van der Waals surface area contributed by atoms with Gasteiger partial charge in [-0.05, 0) is 81.0 Å². The van der Waals surface area contributed by atoms with Crippen LogP contribution >= 0.6 is 11.8 Å². The molecule has 194 valence electrons. The van der Waals surface area contributed by atoms with Gasteiger partial charge in [-0.1, -0.05) is 58.4 Å². The number of thioether (sulfide) groups is 1. The molecule has 1 unspecified atom stereocenters. The van der Waals surface area contributed by atoms with Gasteiger partial charge in [0.25, 0.3) is 5.91 Å². The van der Waals surface area contributed by atoms with Gasteiger partial charge in [0.15, 0.2) is 0 Å². The Balaban J connectivity index is 0.000000207. The van der Waals surface area contributed by atoms with Gasteiger partial charge in [0.1, 0.15) is 0 Å². The van der Waals surface area contributed by atoms with Crippen LogP contribution in [0.4, 0.5) is 0 Å². The normalized spacial score (nSPS) is 22.0. The molecule has 4 rings (SSSR count). The van der Waals surface area contributed by atoms with Crippen LogP contribution in [-0.2, 0) is 9.59 Å². The first-order valence-electron chi connectivity index (χ1n) is 13.4. The molecule has 2 aliphatic carbocycles. The molecule has 1 saturated carbocycles. The van der Waals surface area contributed by atoms with E-state index in [9.17, 15) is 9.59 Å². The van der Waals surface area contributed by atoms with Crippen LogP contribution in [0.15, 0.2) is 46.7 Å². The van der Waals surface area contributed by atoms with Crippen molar-refractivity contribution in [2.75, 3.05) is 37.7 Å². The molecule has 0 spiro atoms. The number of hydrogen-bond donors (Lipinski definition) is 2. The molecule has 0 aromatic carbocycles. The molecule has 4 aliphatic rings. The molecule has 6 heteroatoms. The molecule has 5 nitrogen and oxygen atoms in total. The summed E-state index contributed by atoms with van der Waals surface area (Å²) in [7, 11) is 0. The first kappa shape index (κ1) is 27.8. The van der Waals surface area contributed by atoms with E-state index in [-0.39, 0.29) is 17.2 Å². The van der Waals surface area contributed by atoms with Crippen molar-refractivity contribution in [3.63, 3.8) is 0 Å². The second-order valence-corrected chi connectivity index (χ2v) is 12.1.